The Labute approximate surface area is 403 Å². The molecule has 0 unspecified atom stereocenters. The van der Waals surface area contributed by atoms with E-state index in [1.165, 1.54) is 42.6 Å². The van der Waals surface area contributed by atoms with Crippen LogP contribution in [-0.4, -0.2) is 27.6 Å². The highest BCUT2D eigenvalue weighted by atomic mass is 28.3. The summed E-state index contributed by atoms with van der Waals surface area (Å²) in [5.41, 5.74) is 11.7. The van der Waals surface area contributed by atoms with Crippen LogP contribution in [0, 0.1) is 6.92 Å². The monoisotopic (exact) mass is 898 g/mol. The topological polar surface area (TPSA) is 43.6 Å². The van der Waals surface area contributed by atoms with Crippen LogP contribution in [0.15, 0.2) is 261 Å². The lowest BCUT2D eigenvalue weighted by Gasteiger charge is -2.34. The fourth-order valence-corrected chi connectivity index (χ4v) is 15.0. The summed E-state index contributed by atoms with van der Waals surface area (Å²) in [6.45, 7) is 2.13. The molecule has 12 aromatic rings. The summed E-state index contributed by atoms with van der Waals surface area (Å²) in [5, 5.41) is 7.66. The van der Waals surface area contributed by atoms with Gasteiger partial charge in [0.1, 0.15) is 0 Å². The van der Waals surface area contributed by atoms with Gasteiger partial charge in [0.15, 0.2) is 25.5 Å². The van der Waals surface area contributed by atoms with Gasteiger partial charge in [-0.3, -0.25) is 0 Å². The van der Waals surface area contributed by atoms with Crippen LogP contribution >= 0.6 is 0 Å². The van der Waals surface area contributed by atoms with E-state index in [9.17, 15) is 0 Å². The van der Waals surface area contributed by atoms with Gasteiger partial charge in [0.05, 0.1) is 16.7 Å². The van der Waals surface area contributed by atoms with Crippen LogP contribution in [0.1, 0.15) is 5.56 Å². The molecule has 2 aromatic heterocycles. The van der Waals surface area contributed by atoms with Gasteiger partial charge in [-0.25, -0.2) is 15.0 Å². The first kappa shape index (κ1) is 41.6. The van der Waals surface area contributed by atoms with E-state index in [1.807, 2.05) is 36.4 Å². The summed E-state index contributed by atoms with van der Waals surface area (Å²) in [5.74, 6) is 1.83. The van der Waals surface area contributed by atoms with Gasteiger partial charge >= 0.3 is 0 Å². The van der Waals surface area contributed by atoms with Crippen molar-refractivity contribution in [3.05, 3.63) is 266 Å². The maximum atomic E-state index is 5.39. The average Bonchev–Trinajstić information content (AvgIpc) is 3.76. The lowest BCUT2D eigenvalue weighted by Crippen LogP contribution is -2.74. The molecule has 0 fully saturated rings. The summed E-state index contributed by atoms with van der Waals surface area (Å²) in [6.07, 6.45) is 0. The second kappa shape index (κ2) is 17.8. The molecule has 0 atom stereocenters. The number of fused-ring (bicyclic) bond motifs is 3. The molecule has 2 heterocycles. The van der Waals surface area contributed by atoms with Crippen molar-refractivity contribution in [2.24, 2.45) is 0 Å². The molecule has 10 aromatic carbocycles. The van der Waals surface area contributed by atoms with Crippen molar-refractivity contribution in [2.75, 3.05) is 0 Å². The van der Waals surface area contributed by atoms with Crippen molar-refractivity contribution < 1.29 is 0 Å². The van der Waals surface area contributed by atoms with Crippen LogP contribution in [0.25, 0.3) is 83.9 Å². The lowest BCUT2D eigenvalue weighted by molar-refractivity contribution is 1.06. The van der Waals surface area contributed by atoms with Gasteiger partial charge in [-0.1, -0.05) is 242 Å². The summed E-state index contributed by atoms with van der Waals surface area (Å²) >= 11 is 0. The van der Waals surface area contributed by atoms with E-state index in [1.54, 1.807) is 0 Å². The molecular formula is C64H46N4Si. The third kappa shape index (κ3) is 7.56. The van der Waals surface area contributed by atoms with Gasteiger partial charge in [-0.2, -0.15) is 0 Å². The third-order valence-corrected chi connectivity index (χ3v) is 18.3. The minimum Gasteiger partial charge on any atom is -0.308 e. The first-order valence-corrected chi connectivity index (χ1v) is 25.5. The molecule has 0 N–H and O–H groups in total. The Hall–Kier alpha value is -8.77. The molecule has 0 bridgehead atoms. The Kier molecular flexibility index (Phi) is 10.7. The molecule has 0 spiro atoms. The fourth-order valence-electron chi connectivity index (χ4n) is 10.2. The summed E-state index contributed by atoms with van der Waals surface area (Å²) in [6, 6.07) is 94.2. The molecule has 69 heavy (non-hydrogen) atoms. The van der Waals surface area contributed by atoms with Crippen LogP contribution in [0.2, 0.25) is 0 Å². The smallest absolute Gasteiger partial charge is 0.179 e. The molecule has 4 nitrogen and oxygen atoms in total. The number of aryl methyl sites for hydroxylation is 1. The van der Waals surface area contributed by atoms with Gasteiger partial charge < -0.3 is 4.57 Å². The zero-order valence-corrected chi connectivity index (χ0v) is 39.1. The standard InChI is InChI=1S/C64H46N4Si/c1-45-34-36-46(37-35-45)51-38-40-57-56-32-17-18-33-59(56)68(61(57)44-51)60-41-39-50(43-58(60)64-66-62(47-20-7-2-8-21-47)65-63(67-64)48-22-9-3-10-23-48)49-24-19-31-55(42-49)69(52-25-11-4-12-26-52,53-27-13-5-14-28-53)54-29-15-6-16-30-54/h2-44H,1H3. The molecule has 0 aliphatic rings. The quantitative estimate of drug-likeness (QED) is 0.101. The summed E-state index contributed by atoms with van der Waals surface area (Å²) in [7, 11) is -2.82. The second-order valence-electron chi connectivity index (χ2n) is 17.6. The fraction of sp³-hybridized carbons (Fsp3) is 0.0156. The number of rotatable bonds is 10. The maximum Gasteiger partial charge on any atom is 0.179 e. The van der Waals surface area contributed by atoms with Crippen LogP contribution < -0.4 is 20.7 Å². The predicted octanol–water partition coefficient (Wildman–Crippen LogP) is 13.0. The van der Waals surface area contributed by atoms with Crippen molar-refractivity contribution >= 4 is 50.6 Å². The highest BCUT2D eigenvalue weighted by molar-refractivity contribution is 7.19. The Balaban J connectivity index is 1.13. The Morgan fingerprint density at radius 3 is 1.33 bits per heavy atom. The highest BCUT2D eigenvalue weighted by Gasteiger charge is 2.41. The molecular weight excluding hydrogens is 853 g/mol. The second-order valence-corrected chi connectivity index (χ2v) is 21.5. The molecule has 0 saturated carbocycles. The number of hydrogen-bond acceptors (Lipinski definition) is 3. The molecule has 0 aliphatic carbocycles. The van der Waals surface area contributed by atoms with E-state index in [2.05, 4.69) is 236 Å². The van der Waals surface area contributed by atoms with Gasteiger partial charge in [0, 0.05) is 27.5 Å². The summed E-state index contributed by atoms with van der Waals surface area (Å²) < 4.78 is 2.41. The van der Waals surface area contributed by atoms with Crippen molar-refractivity contribution in [3.8, 4) is 62.1 Å². The van der Waals surface area contributed by atoms with Crippen LogP contribution in [0.3, 0.4) is 0 Å². The number of benzene rings is 10. The number of hydrogen-bond donors (Lipinski definition) is 0. The highest BCUT2D eigenvalue weighted by Crippen LogP contribution is 2.39. The molecule has 0 saturated heterocycles. The third-order valence-electron chi connectivity index (χ3n) is 13.5. The minimum atomic E-state index is -2.82. The van der Waals surface area contributed by atoms with Crippen LogP contribution in [0.5, 0.6) is 0 Å². The zero-order valence-electron chi connectivity index (χ0n) is 38.1. The van der Waals surface area contributed by atoms with Crippen molar-refractivity contribution in [3.63, 3.8) is 0 Å². The van der Waals surface area contributed by atoms with E-state index in [0.717, 1.165) is 50.1 Å². The van der Waals surface area contributed by atoms with Crippen molar-refractivity contribution in [1.29, 1.82) is 0 Å². The Bertz CT molecular complexity index is 3610. The minimum absolute atomic E-state index is 0.595. The first-order chi connectivity index (χ1) is 34.1. The van der Waals surface area contributed by atoms with E-state index >= 15 is 0 Å². The SMILES string of the molecule is Cc1ccc(-c2ccc3c4ccccc4n(-c4ccc(-c5cccc([Si](c6ccccc6)(c6ccccc6)c6ccccc6)c5)cc4-c4nc(-c5ccccc5)nc(-c5ccccc5)n4)c3c2)cc1. The van der Waals surface area contributed by atoms with Crippen molar-refractivity contribution in [1.82, 2.24) is 19.5 Å². The first-order valence-electron chi connectivity index (χ1n) is 23.5. The number of aromatic nitrogens is 4. The van der Waals surface area contributed by atoms with Crippen LogP contribution in [-0.2, 0) is 0 Å². The molecule has 5 heteroatoms. The van der Waals surface area contributed by atoms with Gasteiger partial charge in [-0.15, -0.1) is 0 Å². The molecule has 0 aliphatic heterocycles. The molecule has 12 rings (SSSR count). The lowest BCUT2D eigenvalue weighted by atomic mass is 10.0. The molecule has 0 radical (unpaired) electrons. The normalized spacial score (nSPS) is 11.6. The largest absolute Gasteiger partial charge is 0.308 e. The van der Waals surface area contributed by atoms with Gasteiger partial charge in [0.25, 0.3) is 0 Å². The molecule has 326 valence electrons. The molecule has 0 amide bonds. The predicted molar refractivity (Wildman–Crippen MR) is 290 cm³/mol. The summed E-state index contributed by atoms with van der Waals surface area (Å²) in [4.78, 5) is 15.9. The number of para-hydroxylation sites is 1. The van der Waals surface area contributed by atoms with E-state index in [4.69, 9.17) is 15.0 Å². The Morgan fingerprint density at radius 2 is 0.739 bits per heavy atom. The van der Waals surface area contributed by atoms with Gasteiger partial charge in [-0.05, 0) is 74.2 Å². The van der Waals surface area contributed by atoms with E-state index < -0.39 is 8.07 Å². The maximum absolute atomic E-state index is 5.39. The van der Waals surface area contributed by atoms with E-state index in [-0.39, 0.29) is 0 Å². The van der Waals surface area contributed by atoms with Crippen molar-refractivity contribution in [2.45, 2.75) is 6.92 Å². The van der Waals surface area contributed by atoms with E-state index in [0.29, 0.717) is 17.5 Å². The number of nitrogens with zero attached hydrogens (tertiary/aromatic N) is 4. The zero-order chi connectivity index (χ0) is 46.2. The van der Waals surface area contributed by atoms with Gasteiger partial charge in [0.2, 0.25) is 0 Å². The van der Waals surface area contributed by atoms with Crippen LogP contribution in [0.4, 0.5) is 0 Å². The Morgan fingerprint density at radius 1 is 0.304 bits per heavy atom. The average molecular weight is 899 g/mol.